The number of sulfonamides is 1. The van der Waals surface area contributed by atoms with Crippen molar-refractivity contribution in [1.82, 2.24) is 4.72 Å². The highest BCUT2D eigenvalue weighted by molar-refractivity contribution is 7.89. The van der Waals surface area contributed by atoms with Gasteiger partial charge in [-0.2, -0.15) is 4.72 Å². The quantitative estimate of drug-likeness (QED) is 0.580. The van der Waals surface area contributed by atoms with Crippen LogP contribution in [0.5, 0.6) is 0 Å². The summed E-state index contributed by atoms with van der Waals surface area (Å²) in [5, 5.41) is 2.85. The second kappa shape index (κ2) is 10.5. The number of nitrogens with one attached hydrogen (secondary N) is 2. The number of hydrogen-bond acceptors (Lipinski definition) is 4. The van der Waals surface area contributed by atoms with Crippen molar-refractivity contribution in [2.24, 2.45) is 5.92 Å². The lowest BCUT2D eigenvalue weighted by Gasteiger charge is -2.21. The van der Waals surface area contributed by atoms with Gasteiger partial charge in [-0.1, -0.05) is 39.8 Å². The molecule has 1 heterocycles. The minimum Gasteiger partial charge on any atom is -0.325 e. The Morgan fingerprint density at radius 2 is 1.85 bits per heavy atom. The number of nitrogens with zero attached hydrogens (tertiary/aromatic N) is 1. The molecule has 0 spiro atoms. The normalized spacial score (nSPS) is 14.3. The fourth-order valence-electron chi connectivity index (χ4n) is 4.03. The van der Waals surface area contributed by atoms with Gasteiger partial charge in [-0.15, -0.1) is 0 Å². The van der Waals surface area contributed by atoms with E-state index in [9.17, 15) is 18.0 Å². The van der Waals surface area contributed by atoms with Crippen molar-refractivity contribution in [3.63, 3.8) is 0 Å². The lowest BCUT2D eigenvalue weighted by atomic mass is 10.0. The van der Waals surface area contributed by atoms with Crippen LogP contribution in [-0.4, -0.2) is 32.8 Å². The zero-order chi connectivity index (χ0) is 24.2. The maximum absolute atomic E-state index is 13.2. The van der Waals surface area contributed by atoms with E-state index in [1.54, 1.807) is 23.1 Å². The average molecular weight is 472 g/mol. The van der Waals surface area contributed by atoms with E-state index in [0.29, 0.717) is 31.5 Å². The molecule has 1 aliphatic rings. The van der Waals surface area contributed by atoms with Gasteiger partial charge in [-0.25, -0.2) is 8.42 Å². The predicted molar refractivity (Wildman–Crippen MR) is 131 cm³/mol. The van der Waals surface area contributed by atoms with E-state index in [4.69, 9.17) is 0 Å². The summed E-state index contributed by atoms with van der Waals surface area (Å²) in [4.78, 5) is 26.9. The lowest BCUT2D eigenvalue weighted by Crippen LogP contribution is -2.44. The smallest absolute Gasteiger partial charge is 0.242 e. The van der Waals surface area contributed by atoms with Crippen molar-refractivity contribution in [3.05, 3.63) is 53.6 Å². The van der Waals surface area contributed by atoms with Gasteiger partial charge in [-0.05, 0) is 66.6 Å². The van der Waals surface area contributed by atoms with Gasteiger partial charge in [0.1, 0.15) is 6.04 Å². The number of aryl methyl sites for hydroxylation is 1. The first-order valence-corrected chi connectivity index (χ1v) is 13.0. The van der Waals surface area contributed by atoms with E-state index in [-0.39, 0.29) is 22.6 Å². The first-order chi connectivity index (χ1) is 15.6. The number of carbonyl (C=O) groups is 2. The average Bonchev–Trinajstić information content (AvgIpc) is 3.21. The summed E-state index contributed by atoms with van der Waals surface area (Å²) in [5.74, 6) is -0.260. The molecule has 0 aliphatic carbocycles. The summed E-state index contributed by atoms with van der Waals surface area (Å²) >= 11 is 0. The molecule has 0 saturated heterocycles. The van der Waals surface area contributed by atoms with Gasteiger partial charge in [0, 0.05) is 24.3 Å². The Balaban J connectivity index is 1.81. The maximum Gasteiger partial charge on any atom is 0.242 e. The summed E-state index contributed by atoms with van der Waals surface area (Å²) < 4.78 is 29.0. The van der Waals surface area contributed by atoms with Crippen molar-refractivity contribution in [2.75, 3.05) is 16.8 Å². The molecule has 0 radical (unpaired) electrons. The van der Waals surface area contributed by atoms with Crippen LogP contribution >= 0.6 is 0 Å². The molecule has 0 fully saturated rings. The Hall–Kier alpha value is -2.71. The highest BCUT2D eigenvalue weighted by Gasteiger charge is 2.29. The Bertz CT molecular complexity index is 1130. The van der Waals surface area contributed by atoms with Crippen LogP contribution in [0.1, 0.15) is 51.7 Å². The molecule has 8 heteroatoms. The van der Waals surface area contributed by atoms with Crippen molar-refractivity contribution < 1.29 is 18.0 Å². The molecule has 2 aromatic carbocycles. The van der Waals surface area contributed by atoms with Gasteiger partial charge in [-0.3, -0.25) is 9.59 Å². The second-order valence-electron chi connectivity index (χ2n) is 8.79. The third kappa shape index (κ3) is 6.00. The molecule has 1 aliphatic heterocycles. The summed E-state index contributed by atoms with van der Waals surface area (Å²) in [6.45, 7) is 8.28. The van der Waals surface area contributed by atoms with E-state index in [1.165, 1.54) is 6.07 Å². The molecule has 0 aromatic heterocycles. The summed E-state index contributed by atoms with van der Waals surface area (Å²) in [6.07, 6.45) is 2.20. The molecule has 0 saturated carbocycles. The van der Waals surface area contributed by atoms with Gasteiger partial charge >= 0.3 is 0 Å². The molecule has 2 amide bonds. The molecular formula is C25H33N3O4S. The van der Waals surface area contributed by atoms with E-state index < -0.39 is 16.1 Å². The van der Waals surface area contributed by atoms with E-state index in [1.807, 2.05) is 45.9 Å². The molecule has 2 aromatic rings. The molecule has 7 nitrogen and oxygen atoms in total. The Morgan fingerprint density at radius 3 is 2.52 bits per heavy atom. The SMILES string of the molecule is CCC(=O)N1CCc2cc(S(=O)(=O)N[C@@H](CC(C)C)C(=O)Nc3cccc(CC)c3)ccc21. The summed E-state index contributed by atoms with van der Waals surface area (Å²) in [5.41, 5.74) is 3.31. The van der Waals surface area contributed by atoms with Crippen LogP contribution < -0.4 is 14.9 Å². The minimum atomic E-state index is -3.93. The number of hydrogen-bond donors (Lipinski definition) is 2. The highest BCUT2D eigenvalue weighted by atomic mass is 32.2. The van der Waals surface area contributed by atoms with Crippen LogP contribution in [0, 0.1) is 5.92 Å². The van der Waals surface area contributed by atoms with Crippen LogP contribution in [-0.2, 0) is 32.5 Å². The number of carbonyl (C=O) groups excluding carboxylic acids is 2. The van der Waals surface area contributed by atoms with Crippen LogP contribution in [0.15, 0.2) is 47.4 Å². The van der Waals surface area contributed by atoms with Crippen molar-refractivity contribution in [3.8, 4) is 0 Å². The molecule has 2 N–H and O–H groups in total. The number of fused-ring (bicyclic) bond motifs is 1. The van der Waals surface area contributed by atoms with Crippen molar-refractivity contribution in [1.29, 1.82) is 0 Å². The van der Waals surface area contributed by atoms with E-state index in [0.717, 1.165) is 23.2 Å². The summed E-state index contributed by atoms with van der Waals surface area (Å²) in [6, 6.07) is 11.4. The topological polar surface area (TPSA) is 95.6 Å². The molecule has 3 rings (SSSR count). The molecule has 0 unspecified atom stereocenters. The first-order valence-electron chi connectivity index (χ1n) is 11.5. The van der Waals surface area contributed by atoms with Crippen molar-refractivity contribution in [2.45, 2.75) is 64.3 Å². The molecule has 0 bridgehead atoms. The Labute approximate surface area is 196 Å². The van der Waals surface area contributed by atoms with Gasteiger partial charge < -0.3 is 10.2 Å². The van der Waals surface area contributed by atoms with Gasteiger partial charge in [0.25, 0.3) is 0 Å². The third-order valence-corrected chi connectivity index (χ3v) is 7.25. The van der Waals surface area contributed by atoms with Crippen LogP contribution in [0.2, 0.25) is 0 Å². The summed E-state index contributed by atoms with van der Waals surface area (Å²) in [7, 11) is -3.93. The van der Waals surface area contributed by atoms with Gasteiger partial charge in [0.05, 0.1) is 4.90 Å². The maximum atomic E-state index is 13.2. The fraction of sp³-hybridized carbons (Fsp3) is 0.440. The number of anilines is 2. The van der Waals surface area contributed by atoms with E-state index >= 15 is 0 Å². The molecule has 178 valence electrons. The fourth-order valence-corrected chi connectivity index (χ4v) is 5.29. The van der Waals surface area contributed by atoms with Crippen LogP contribution in [0.25, 0.3) is 0 Å². The second-order valence-corrected chi connectivity index (χ2v) is 10.5. The van der Waals surface area contributed by atoms with E-state index in [2.05, 4.69) is 10.0 Å². The number of benzene rings is 2. The molecular weight excluding hydrogens is 438 g/mol. The minimum absolute atomic E-state index is 0.0169. The van der Waals surface area contributed by atoms with Crippen molar-refractivity contribution >= 4 is 33.2 Å². The predicted octanol–water partition coefficient (Wildman–Crippen LogP) is 3.88. The first kappa shape index (κ1) is 24.9. The lowest BCUT2D eigenvalue weighted by molar-refractivity contribution is -0.118. The number of rotatable bonds is 9. The highest BCUT2D eigenvalue weighted by Crippen LogP contribution is 2.31. The number of amides is 2. The van der Waals surface area contributed by atoms with Crippen LogP contribution in [0.3, 0.4) is 0 Å². The monoisotopic (exact) mass is 471 g/mol. The largest absolute Gasteiger partial charge is 0.325 e. The zero-order valence-electron chi connectivity index (χ0n) is 19.7. The Morgan fingerprint density at radius 1 is 1.09 bits per heavy atom. The molecule has 1 atom stereocenters. The third-order valence-electron chi connectivity index (χ3n) is 5.78. The Kier molecular flexibility index (Phi) is 7.92. The van der Waals surface area contributed by atoms with Gasteiger partial charge in [0.15, 0.2) is 0 Å². The molecule has 33 heavy (non-hydrogen) atoms. The zero-order valence-corrected chi connectivity index (χ0v) is 20.5. The van der Waals surface area contributed by atoms with Crippen LogP contribution in [0.4, 0.5) is 11.4 Å². The standard InChI is InChI=1S/C25H33N3O4S/c1-5-18-8-7-9-20(15-18)26-25(30)22(14-17(3)4)27-33(31,32)21-10-11-23-19(16-21)12-13-28(23)24(29)6-2/h7-11,15-17,22,27H,5-6,12-14H2,1-4H3,(H,26,30)/t22-/m0/s1. The van der Waals surface area contributed by atoms with Gasteiger partial charge in [0.2, 0.25) is 21.8 Å².